The molecule has 1 aromatic heterocycles. The number of aryl methyl sites for hydroxylation is 1. The molecule has 0 spiro atoms. The van der Waals surface area contributed by atoms with E-state index in [2.05, 4.69) is 43.0 Å². The van der Waals surface area contributed by atoms with Crippen LogP contribution >= 0.6 is 11.8 Å². The Kier molecular flexibility index (Phi) is 6.09. The van der Waals surface area contributed by atoms with Crippen LogP contribution in [0.5, 0.6) is 0 Å². The monoisotopic (exact) mass is 267 g/mol. The van der Waals surface area contributed by atoms with Crippen LogP contribution in [0.2, 0.25) is 0 Å². The predicted molar refractivity (Wildman–Crippen MR) is 79.0 cm³/mol. The zero-order chi connectivity index (χ0) is 13.6. The summed E-state index contributed by atoms with van der Waals surface area (Å²) in [5.41, 5.74) is 1.36. The molecular formula is C14H25N3S. The van der Waals surface area contributed by atoms with Gasteiger partial charge in [-0.2, -0.15) is 0 Å². The first-order chi connectivity index (χ1) is 8.43. The van der Waals surface area contributed by atoms with Gasteiger partial charge in [-0.05, 0) is 30.9 Å². The average molecular weight is 267 g/mol. The van der Waals surface area contributed by atoms with E-state index >= 15 is 0 Å². The summed E-state index contributed by atoms with van der Waals surface area (Å²) < 4.78 is 0. The van der Waals surface area contributed by atoms with E-state index in [9.17, 15) is 0 Å². The van der Waals surface area contributed by atoms with Gasteiger partial charge in [0.05, 0.1) is 0 Å². The highest BCUT2D eigenvalue weighted by atomic mass is 32.2. The summed E-state index contributed by atoms with van der Waals surface area (Å²) in [6.45, 7) is 12.1. The molecule has 1 heterocycles. The van der Waals surface area contributed by atoms with Gasteiger partial charge in [-0.1, -0.05) is 39.5 Å². The zero-order valence-electron chi connectivity index (χ0n) is 12.2. The molecule has 1 aromatic rings. The largest absolute Gasteiger partial charge is 0.313 e. The maximum absolute atomic E-state index is 4.34. The summed E-state index contributed by atoms with van der Waals surface area (Å²) in [5.74, 6) is 1.01. The minimum atomic E-state index is 0.257. The highest BCUT2D eigenvalue weighted by Gasteiger charge is 2.24. The lowest BCUT2D eigenvalue weighted by molar-refractivity contribution is 0.291. The lowest BCUT2D eigenvalue weighted by Crippen LogP contribution is -2.42. The number of hydrogen-bond donors (Lipinski definition) is 1. The Morgan fingerprint density at radius 3 is 2.39 bits per heavy atom. The molecular weight excluding hydrogens is 242 g/mol. The smallest absolute Gasteiger partial charge is 0.187 e. The third-order valence-electron chi connectivity index (χ3n) is 2.82. The summed E-state index contributed by atoms with van der Waals surface area (Å²) >= 11 is 1.73. The molecule has 102 valence electrons. The fourth-order valence-electron chi connectivity index (χ4n) is 1.55. The normalized spacial score (nSPS) is 13.6. The molecule has 0 aliphatic heterocycles. The van der Waals surface area contributed by atoms with Gasteiger partial charge in [-0.15, -0.1) is 0 Å². The van der Waals surface area contributed by atoms with Crippen molar-refractivity contribution in [3.8, 4) is 0 Å². The van der Waals surface area contributed by atoms with Gasteiger partial charge in [0.1, 0.15) is 0 Å². The van der Waals surface area contributed by atoms with E-state index in [4.69, 9.17) is 0 Å². The summed E-state index contributed by atoms with van der Waals surface area (Å²) in [4.78, 5) is 8.67. The van der Waals surface area contributed by atoms with Crippen molar-refractivity contribution in [2.45, 2.75) is 52.2 Å². The molecule has 0 aliphatic carbocycles. The molecule has 0 saturated heterocycles. The van der Waals surface area contributed by atoms with Gasteiger partial charge < -0.3 is 5.32 Å². The quantitative estimate of drug-likeness (QED) is 0.634. The Labute approximate surface area is 115 Å². The van der Waals surface area contributed by atoms with Crippen LogP contribution in [0.1, 0.15) is 39.7 Å². The van der Waals surface area contributed by atoms with Crippen LogP contribution in [-0.2, 0) is 0 Å². The molecule has 4 heteroatoms. The second-order valence-electron chi connectivity index (χ2n) is 5.73. The summed E-state index contributed by atoms with van der Waals surface area (Å²) in [6.07, 6.45) is 4.92. The average Bonchev–Trinajstić information content (AvgIpc) is 2.30. The second-order valence-corrected chi connectivity index (χ2v) is 6.71. The number of rotatable bonds is 6. The van der Waals surface area contributed by atoms with Crippen molar-refractivity contribution in [2.24, 2.45) is 5.41 Å². The molecule has 1 atom stereocenters. The standard InChI is InChI=1S/C14H25N3S/c1-6-7-15-12(14(3,4)5)10-18-13-16-8-11(2)9-17-13/h8-9,12,15H,6-7,10H2,1-5H3. The van der Waals surface area contributed by atoms with Crippen molar-refractivity contribution in [1.82, 2.24) is 15.3 Å². The molecule has 1 rings (SSSR count). The minimum absolute atomic E-state index is 0.257. The maximum Gasteiger partial charge on any atom is 0.187 e. The Bertz CT molecular complexity index is 343. The van der Waals surface area contributed by atoms with Crippen LogP contribution < -0.4 is 5.32 Å². The molecule has 1 unspecified atom stereocenters. The number of nitrogens with one attached hydrogen (secondary N) is 1. The molecule has 0 bridgehead atoms. The number of aromatic nitrogens is 2. The highest BCUT2D eigenvalue weighted by Crippen LogP contribution is 2.24. The van der Waals surface area contributed by atoms with Gasteiger partial charge in [0, 0.05) is 24.2 Å². The van der Waals surface area contributed by atoms with Crippen LogP contribution in [0.4, 0.5) is 0 Å². The van der Waals surface area contributed by atoms with E-state index in [-0.39, 0.29) is 5.41 Å². The van der Waals surface area contributed by atoms with E-state index < -0.39 is 0 Å². The van der Waals surface area contributed by atoms with Crippen LogP contribution in [0.25, 0.3) is 0 Å². The number of nitrogens with zero attached hydrogens (tertiary/aromatic N) is 2. The van der Waals surface area contributed by atoms with E-state index in [1.165, 1.54) is 0 Å². The number of thioether (sulfide) groups is 1. The summed E-state index contributed by atoms with van der Waals surface area (Å²) in [6, 6.07) is 0.479. The van der Waals surface area contributed by atoms with Gasteiger partial charge in [-0.25, -0.2) is 9.97 Å². The molecule has 0 amide bonds. The lowest BCUT2D eigenvalue weighted by Gasteiger charge is -2.31. The topological polar surface area (TPSA) is 37.8 Å². The van der Waals surface area contributed by atoms with E-state index in [1.54, 1.807) is 11.8 Å². The van der Waals surface area contributed by atoms with E-state index in [0.29, 0.717) is 6.04 Å². The van der Waals surface area contributed by atoms with Gasteiger partial charge in [-0.3, -0.25) is 0 Å². The lowest BCUT2D eigenvalue weighted by atomic mass is 9.88. The summed E-state index contributed by atoms with van der Waals surface area (Å²) in [5, 5.41) is 4.48. The minimum Gasteiger partial charge on any atom is -0.313 e. The fraction of sp³-hybridized carbons (Fsp3) is 0.714. The molecule has 0 radical (unpaired) electrons. The van der Waals surface area contributed by atoms with E-state index in [1.807, 2.05) is 19.3 Å². The number of hydrogen-bond acceptors (Lipinski definition) is 4. The first-order valence-electron chi connectivity index (χ1n) is 6.58. The van der Waals surface area contributed by atoms with Crippen LogP contribution in [0.15, 0.2) is 17.6 Å². The second kappa shape index (κ2) is 7.10. The van der Waals surface area contributed by atoms with Crippen molar-refractivity contribution < 1.29 is 0 Å². The molecule has 0 aliphatic rings. The Morgan fingerprint density at radius 1 is 1.28 bits per heavy atom. The Morgan fingerprint density at radius 2 is 1.89 bits per heavy atom. The molecule has 0 fully saturated rings. The van der Waals surface area contributed by atoms with Crippen molar-refractivity contribution in [3.63, 3.8) is 0 Å². The van der Waals surface area contributed by atoms with Crippen molar-refractivity contribution in [1.29, 1.82) is 0 Å². The van der Waals surface area contributed by atoms with Gasteiger partial charge in [0.25, 0.3) is 0 Å². The maximum atomic E-state index is 4.34. The first kappa shape index (κ1) is 15.4. The van der Waals surface area contributed by atoms with Gasteiger partial charge in [0.15, 0.2) is 5.16 Å². The van der Waals surface area contributed by atoms with Gasteiger partial charge >= 0.3 is 0 Å². The molecule has 0 aromatic carbocycles. The molecule has 3 nitrogen and oxygen atoms in total. The van der Waals surface area contributed by atoms with Crippen molar-refractivity contribution in [3.05, 3.63) is 18.0 Å². The first-order valence-corrected chi connectivity index (χ1v) is 7.57. The zero-order valence-corrected chi connectivity index (χ0v) is 13.0. The van der Waals surface area contributed by atoms with Crippen LogP contribution in [-0.4, -0.2) is 28.3 Å². The Balaban J connectivity index is 2.53. The summed E-state index contributed by atoms with van der Waals surface area (Å²) in [7, 11) is 0. The van der Waals surface area contributed by atoms with Crippen LogP contribution in [0, 0.1) is 12.3 Å². The third kappa shape index (κ3) is 5.36. The molecule has 0 saturated carbocycles. The predicted octanol–water partition coefficient (Wildman–Crippen LogP) is 3.29. The SMILES string of the molecule is CCCNC(CSc1ncc(C)cn1)C(C)(C)C. The van der Waals surface area contributed by atoms with Crippen molar-refractivity contribution >= 4 is 11.8 Å². The van der Waals surface area contributed by atoms with Gasteiger partial charge in [0.2, 0.25) is 0 Å². The van der Waals surface area contributed by atoms with Crippen molar-refractivity contribution in [2.75, 3.05) is 12.3 Å². The van der Waals surface area contributed by atoms with E-state index in [0.717, 1.165) is 29.4 Å². The fourth-order valence-corrected chi connectivity index (χ4v) is 2.73. The Hall–Kier alpha value is -0.610. The van der Waals surface area contributed by atoms with Crippen LogP contribution in [0.3, 0.4) is 0 Å². The molecule has 1 N–H and O–H groups in total. The molecule has 18 heavy (non-hydrogen) atoms. The highest BCUT2D eigenvalue weighted by molar-refractivity contribution is 7.99. The third-order valence-corrected chi connectivity index (χ3v) is 3.79.